The van der Waals surface area contributed by atoms with Crippen molar-refractivity contribution in [3.8, 4) is 0 Å². The van der Waals surface area contributed by atoms with Crippen molar-refractivity contribution < 1.29 is 5.11 Å². The van der Waals surface area contributed by atoms with Crippen molar-refractivity contribution in [3.63, 3.8) is 0 Å². The van der Waals surface area contributed by atoms with Crippen LogP contribution in [0.3, 0.4) is 0 Å². The summed E-state index contributed by atoms with van der Waals surface area (Å²) in [5.74, 6) is 0. The maximum absolute atomic E-state index is 8.61. The number of aliphatic hydroxyl groups excluding tert-OH is 1. The summed E-state index contributed by atoms with van der Waals surface area (Å²) in [4.78, 5) is 2.22. The van der Waals surface area contributed by atoms with Gasteiger partial charge in [0.2, 0.25) is 0 Å². The predicted molar refractivity (Wildman–Crippen MR) is 61.5 cm³/mol. The first kappa shape index (κ1) is 13.9. The lowest BCUT2D eigenvalue weighted by molar-refractivity contribution is 0.231. The molecule has 0 fully saturated rings. The lowest BCUT2D eigenvalue weighted by Crippen LogP contribution is -2.37. The molecule has 0 unspecified atom stereocenters. The van der Waals surface area contributed by atoms with Crippen molar-refractivity contribution in [3.05, 3.63) is 0 Å². The standard InChI is InChI=1S/C11H26N2O/c1-11(2,10-13(3)4)9-12-7-5-6-8-14/h12,14H,5-10H2,1-4H3. The van der Waals surface area contributed by atoms with Gasteiger partial charge in [-0.3, -0.25) is 0 Å². The summed E-state index contributed by atoms with van der Waals surface area (Å²) in [5, 5.41) is 12.0. The molecule has 0 aromatic carbocycles. The predicted octanol–water partition coefficient (Wildman–Crippen LogP) is 0.936. The lowest BCUT2D eigenvalue weighted by atomic mass is 9.93. The van der Waals surface area contributed by atoms with Crippen LogP contribution in [0, 0.1) is 5.41 Å². The second kappa shape index (κ2) is 7.21. The number of hydrogen-bond acceptors (Lipinski definition) is 3. The Hall–Kier alpha value is -0.120. The second-order valence-corrected chi connectivity index (χ2v) is 5.01. The molecule has 0 aromatic heterocycles. The first-order valence-corrected chi connectivity index (χ1v) is 5.44. The average Bonchev–Trinajstić information content (AvgIpc) is 2.01. The Morgan fingerprint density at radius 3 is 2.36 bits per heavy atom. The summed E-state index contributed by atoms with van der Waals surface area (Å²) in [5.41, 5.74) is 0.322. The van der Waals surface area contributed by atoms with E-state index < -0.39 is 0 Å². The van der Waals surface area contributed by atoms with E-state index in [0.717, 1.165) is 32.5 Å². The maximum Gasteiger partial charge on any atom is 0.0431 e. The average molecular weight is 202 g/mol. The molecule has 0 spiro atoms. The summed E-state index contributed by atoms with van der Waals surface area (Å²) in [7, 11) is 4.21. The Labute approximate surface area is 88.5 Å². The molecule has 0 aromatic rings. The Kier molecular flexibility index (Phi) is 7.15. The molecule has 0 atom stereocenters. The molecule has 0 saturated carbocycles. The monoisotopic (exact) mass is 202 g/mol. The zero-order valence-corrected chi connectivity index (χ0v) is 10.1. The van der Waals surface area contributed by atoms with Crippen molar-refractivity contribution in [2.45, 2.75) is 26.7 Å². The Morgan fingerprint density at radius 2 is 1.86 bits per heavy atom. The SMILES string of the molecule is CN(C)CC(C)(C)CNCCCCO. The highest BCUT2D eigenvalue weighted by atomic mass is 16.2. The molecule has 0 heterocycles. The molecular formula is C11H26N2O. The Bertz CT molecular complexity index is 135. The van der Waals surface area contributed by atoms with E-state index in [1.165, 1.54) is 0 Å². The smallest absolute Gasteiger partial charge is 0.0431 e. The number of nitrogens with zero attached hydrogens (tertiary/aromatic N) is 1. The van der Waals surface area contributed by atoms with Gasteiger partial charge in [-0.15, -0.1) is 0 Å². The van der Waals surface area contributed by atoms with Gasteiger partial charge in [0.15, 0.2) is 0 Å². The quantitative estimate of drug-likeness (QED) is 0.575. The second-order valence-electron chi connectivity index (χ2n) is 5.01. The van der Waals surface area contributed by atoms with Crippen LogP contribution in [-0.4, -0.2) is 50.3 Å². The molecule has 3 heteroatoms. The van der Waals surface area contributed by atoms with E-state index >= 15 is 0 Å². The van der Waals surface area contributed by atoms with E-state index in [2.05, 4.69) is 38.2 Å². The summed E-state index contributed by atoms with van der Waals surface area (Å²) in [6, 6.07) is 0. The van der Waals surface area contributed by atoms with E-state index in [-0.39, 0.29) is 0 Å². The fourth-order valence-corrected chi connectivity index (χ4v) is 1.70. The van der Waals surface area contributed by atoms with E-state index in [0.29, 0.717) is 12.0 Å². The van der Waals surface area contributed by atoms with E-state index in [1.54, 1.807) is 0 Å². The van der Waals surface area contributed by atoms with Crippen molar-refractivity contribution in [2.24, 2.45) is 5.41 Å². The molecule has 0 rings (SSSR count). The number of rotatable bonds is 8. The lowest BCUT2D eigenvalue weighted by Gasteiger charge is -2.28. The fourth-order valence-electron chi connectivity index (χ4n) is 1.70. The normalized spacial score (nSPS) is 12.4. The van der Waals surface area contributed by atoms with Gasteiger partial charge in [-0.2, -0.15) is 0 Å². The first-order chi connectivity index (χ1) is 6.48. The van der Waals surface area contributed by atoms with Crippen molar-refractivity contribution >= 4 is 0 Å². The van der Waals surface area contributed by atoms with Gasteiger partial charge in [0, 0.05) is 19.7 Å². The van der Waals surface area contributed by atoms with Gasteiger partial charge in [0.25, 0.3) is 0 Å². The van der Waals surface area contributed by atoms with Crippen molar-refractivity contribution in [1.29, 1.82) is 0 Å². The minimum atomic E-state index is 0.308. The first-order valence-electron chi connectivity index (χ1n) is 5.44. The minimum absolute atomic E-state index is 0.308. The summed E-state index contributed by atoms with van der Waals surface area (Å²) in [6.07, 6.45) is 1.97. The van der Waals surface area contributed by atoms with Crippen LogP contribution in [0.2, 0.25) is 0 Å². The number of hydrogen-bond donors (Lipinski definition) is 2. The molecule has 2 N–H and O–H groups in total. The molecule has 0 aliphatic heterocycles. The molecule has 3 nitrogen and oxygen atoms in total. The van der Waals surface area contributed by atoms with Crippen molar-refractivity contribution in [2.75, 3.05) is 40.3 Å². The molecule has 86 valence electrons. The summed E-state index contributed by atoms with van der Waals surface area (Å²) in [6.45, 7) is 7.99. The van der Waals surface area contributed by atoms with Gasteiger partial charge in [-0.05, 0) is 38.9 Å². The molecule has 0 saturated heterocycles. The molecule has 0 aliphatic rings. The molecule has 0 amide bonds. The van der Waals surface area contributed by atoms with E-state index in [4.69, 9.17) is 5.11 Å². The van der Waals surface area contributed by atoms with Crippen LogP contribution in [0.5, 0.6) is 0 Å². The highest BCUT2D eigenvalue weighted by molar-refractivity contribution is 4.73. The third-order valence-electron chi connectivity index (χ3n) is 2.11. The summed E-state index contributed by atoms with van der Waals surface area (Å²) < 4.78 is 0. The molecule has 0 aliphatic carbocycles. The van der Waals surface area contributed by atoms with E-state index in [9.17, 15) is 0 Å². The van der Waals surface area contributed by atoms with Crippen LogP contribution in [0.1, 0.15) is 26.7 Å². The van der Waals surface area contributed by atoms with Crippen LogP contribution in [0.25, 0.3) is 0 Å². The van der Waals surface area contributed by atoms with Crippen LogP contribution >= 0.6 is 0 Å². The number of unbranched alkanes of at least 4 members (excludes halogenated alkanes) is 1. The zero-order chi connectivity index (χ0) is 11.0. The van der Waals surface area contributed by atoms with Crippen LogP contribution < -0.4 is 5.32 Å². The van der Waals surface area contributed by atoms with Crippen LogP contribution in [0.15, 0.2) is 0 Å². The molecule has 0 bridgehead atoms. The zero-order valence-electron chi connectivity index (χ0n) is 10.1. The topological polar surface area (TPSA) is 35.5 Å². The van der Waals surface area contributed by atoms with Crippen molar-refractivity contribution in [1.82, 2.24) is 10.2 Å². The van der Waals surface area contributed by atoms with Gasteiger partial charge < -0.3 is 15.3 Å². The third-order valence-corrected chi connectivity index (χ3v) is 2.11. The van der Waals surface area contributed by atoms with Gasteiger partial charge in [-0.1, -0.05) is 13.8 Å². The Balaban J connectivity index is 3.45. The largest absolute Gasteiger partial charge is 0.396 e. The number of nitrogens with one attached hydrogen (secondary N) is 1. The van der Waals surface area contributed by atoms with E-state index in [1.807, 2.05) is 0 Å². The van der Waals surface area contributed by atoms with Gasteiger partial charge in [0.05, 0.1) is 0 Å². The fraction of sp³-hybridized carbons (Fsp3) is 1.00. The Morgan fingerprint density at radius 1 is 1.21 bits per heavy atom. The van der Waals surface area contributed by atoms with Crippen LogP contribution in [0.4, 0.5) is 0 Å². The van der Waals surface area contributed by atoms with Gasteiger partial charge in [0.1, 0.15) is 0 Å². The van der Waals surface area contributed by atoms with Gasteiger partial charge >= 0.3 is 0 Å². The van der Waals surface area contributed by atoms with Crippen LogP contribution in [-0.2, 0) is 0 Å². The minimum Gasteiger partial charge on any atom is -0.396 e. The van der Waals surface area contributed by atoms with Gasteiger partial charge in [-0.25, -0.2) is 0 Å². The highest BCUT2D eigenvalue weighted by Crippen LogP contribution is 2.13. The molecular weight excluding hydrogens is 176 g/mol. The molecule has 14 heavy (non-hydrogen) atoms. The maximum atomic E-state index is 8.61. The number of aliphatic hydroxyl groups is 1. The highest BCUT2D eigenvalue weighted by Gasteiger charge is 2.17. The molecule has 0 radical (unpaired) electrons. The summed E-state index contributed by atoms with van der Waals surface area (Å²) >= 11 is 0. The third kappa shape index (κ3) is 8.48.